The third kappa shape index (κ3) is 3.85. The molecule has 0 aliphatic rings. The first kappa shape index (κ1) is 5.85. The molecule has 0 rings (SSSR count). The molecule has 1 heteroatoms. The van der Waals surface area contributed by atoms with Crippen molar-refractivity contribution < 1.29 is 0 Å². The zero-order chi connectivity index (χ0) is 4.99. The number of hydrogen-bond acceptors (Lipinski definition) is 0. The molecule has 6 heavy (non-hydrogen) atoms. The zero-order valence-electron chi connectivity index (χ0n) is 3.74. The Hall–Kier alpha value is -0.150. The van der Waals surface area contributed by atoms with Gasteiger partial charge >= 0.3 is 0 Å². The van der Waals surface area contributed by atoms with Gasteiger partial charge in [0.25, 0.3) is 0 Å². The van der Waals surface area contributed by atoms with Crippen LogP contribution in [-0.4, -0.2) is 5.38 Å². The van der Waals surface area contributed by atoms with Crippen molar-refractivity contribution in [3.8, 4) is 12.3 Å². The molecule has 0 heterocycles. The lowest BCUT2D eigenvalue weighted by molar-refractivity contribution is 0.994. The van der Waals surface area contributed by atoms with Crippen LogP contribution in [0.3, 0.4) is 0 Å². The van der Waals surface area contributed by atoms with Gasteiger partial charge in [-0.1, -0.05) is 0 Å². The maximum Gasteiger partial charge on any atom is 0.0417 e. The third-order valence-corrected chi connectivity index (χ3v) is 0.553. The molecule has 0 bridgehead atoms. The standard InChI is InChI=1S/C5H7Cl/c1-3-4-5(2)6/h1,5H,4H2,2H3. The van der Waals surface area contributed by atoms with Crippen molar-refractivity contribution in [2.45, 2.75) is 18.7 Å². The van der Waals surface area contributed by atoms with E-state index in [-0.39, 0.29) is 5.38 Å². The summed E-state index contributed by atoms with van der Waals surface area (Å²) in [6.07, 6.45) is 5.56. The summed E-state index contributed by atoms with van der Waals surface area (Å²) in [5, 5.41) is 0.134. The number of terminal acetylenes is 1. The van der Waals surface area contributed by atoms with Gasteiger partial charge in [0.1, 0.15) is 0 Å². The second kappa shape index (κ2) is 3.06. The van der Waals surface area contributed by atoms with Crippen LogP contribution in [0.2, 0.25) is 0 Å². The van der Waals surface area contributed by atoms with Crippen molar-refractivity contribution in [1.82, 2.24) is 0 Å². The highest BCUT2D eigenvalue weighted by molar-refractivity contribution is 6.20. The van der Waals surface area contributed by atoms with E-state index in [1.165, 1.54) is 0 Å². The first-order valence-electron chi connectivity index (χ1n) is 1.85. The van der Waals surface area contributed by atoms with Crippen LogP contribution in [0.5, 0.6) is 0 Å². The normalized spacial score (nSPS) is 12.8. The molecule has 34 valence electrons. The highest BCUT2D eigenvalue weighted by Gasteiger charge is 1.86. The third-order valence-electron chi connectivity index (χ3n) is 0.399. The van der Waals surface area contributed by atoms with E-state index < -0.39 is 0 Å². The summed E-state index contributed by atoms with van der Waals surface area (Å²) in [5.74, 6) is 2.44. The molecule has 0 saturated carbocycles. The lowest BCUT2D eigenvalue weighted by Gasteiger charge is -1.87. The van der Waals surface area contributed by atoms with Crippen LogP contribution in [0, 0.1) is 12.3 Å². The fourth-order valence-electron chi connectivity index (χ4n) is 0.162. The van der Waals surface area contributed by atoms with Crippen molar-refractivity contribution in [1.29, 1.82) is 0 Å². The molecule has 0 saturated heterocycles. The van der Waals surface area contributed by atoms with Crippen LogP contribution in [-0.2, 0) is 0 Å². The minimum Gasteiger partial charge on any atom is -0.122 e. The number of hydrogen-bond donors (Lipinski definition) is 0. The fourth-order valence-corrected chi connectivity index (χ4v) is 0.251. The molecule has 0 fully saturated rings. The first-order chi connectivity index (χ1) is 2.77. The van der Waals surface area contributed by atoms with Crippen LogP contribution >= 0.6 is 11.6 Å². The van der Waals surface area contributed by atoms with Crippen molar-refractivity contribution in [2.75, 3.05) is 0 Å². The second-order valence-corrected chi connectivity index (χ2v) is 1.93. The number of alkyl halides is 1. The van der Waals surface area contributed by atoms with Crippen molar-refractivity contribution in [3.63, 3.8) is 0 Å². The fraction of sp³-hybridized carbons (Fsp3) is 0.600. The highest BCUT2D eigenvalue weighted by Crippen LogP contribution is 1.95. The quantitative estimate of drug-likeness (QED) is 0.349. The maximum atomic E-state index is 5.44. The van der Waals surface area contributed by atoms with E-state index in [4.69, 9.17) is 18.0 Å². The van der Waals surface area contributed by atoms with Gasteiger partial charge in [0, 0.05) is 11.8 Å². The summed E-state index contributed by atoms with van der Waals surface area (Å²) in [6.45, 7) is 1.88. The van der Waals surface area contributed by atoms with E-state index in [1.807, 2.05) is 6.92 Å². The maximum absolute atomic E-state index is 5.44. The molecule has 0 N–H and O–H groups in total. The molecule has 0 aromatic rings. The van der Waals surface area contributed by atoms with Crippen LogP contribution in [0.15, 0.2) is 0 Å². The highest BCUT2D eigenvalue weighted by atomic mass is 35.5. The average Bonchev–Trinajstić information content (AvgIpc) is 1.35. The Morgan fingerprint density at radius 2 is 2.50 bits per heavy atom. The van der Waals surface area contributed by atoms with Crippen LogP contribution < -0.4 is 0 Å². The second-order valence-electron chi connectivity index (χ2n) is 1.19. The van der Waals surface area contributed by atoms with Crippen molar-refractivity contribution in [2.24, 2.45) is 0 Å². The van der Waals surface area contributed by atoms with Crippen LogP contribution in [0.4, 0.5) is 0 Å². The number of rotatable bonds is 1. The predicted molar refractivity (Wildman–Crippen MR) is 28.8 cm³/mol. The van der Waals surface area contributed by atoms with E-state index in [0.29, 0.717) is 6.42 Å². The molecule has 0 nitrogen and oxygen atoms in total. The summed E-state index contributed by atoms with van der Waals surface area (Å²) in [7, 11) is 0. The first-order valence-corrected chi connectivity index (χ1v) is 2.28. The van der Waals surface area contributed by atoms with Gasteiger partial charge in [0.05, 0.1) is 0 Å². The molecule has 0 aromatic carbocycles. The topological polar surface area (TPSA) is 0 Å². The Morgan fingerprint density at radius 1 is 2.00 bits per heavy atom. The van der Waals surface area contributed by atoms with E-state index >= 15 is 0 Å². The van der Waals surface area contributed by atoms with Gasteiger partial charge in [-0.05, 0) is 6.92 Å². The summed E-state index contributed by atoms with van der Waals surface area (Å²) in [5.41, 5.74) is 0. The molecule has 0 amide bonds. The smallest absolute Gasteiger partial charge is 0.0417 e. The minimum atomic E-state index is 0.134. The Labute approximate surface area is 43.5 Å². The molecule has 0 spiro atoms. The van der Waals surface area contributed by atoms with E-state index in [9.17, 15) is 0 Å². The predicted octanol–water partition coefficient (Wildman–Crippen LogP) is 1.64. The molecule has 0 radical (unpaired) electrons. The zero-order valence-corrected chi connectivity index (χ0v) is 4.50. The summed E-state index contributed by atoms with van der Waals surface area (Å²) in [4.78, 5) is 0. The summed E-state index contributed by atoms with van der Waals surface area (Å²) >= 11 is 5.44. The number of halogens is 1. The SMILES string of the molecule is C#CCC(C)Cl. The van der Waals surface area contributed by atoms with Crippen LogP contribution in [0.25, 0.3) is 0 Å². The lowest BCUT2D eigenvalue weighted by Crippen LogP contribution is -1.83. The lowest BCUT2D eigenvalue weighted by atomic mass is 10.3. The Bertz CT molecular complexity index is 58.8. The van der Waals surface area contributed by atoms with Gasteiger partial charge < -0.3 is 0 Å². The molecular formula is C5H7Cl. The van der Waals surface area contributed by atoms with Crippen LogP contribution in [0.1, 0.15) is 13.3 Å². The minimum absolute atomic E-state index is 0.134. The molecular weight excluding hydrogens is 95.5 g/mol. The Kier molecular flexibility index (Phi) is 2.98. The van der Waals surface area contributed by atoms with Gasteiger partial charge in [-0.2, -0.15) is 0 Å². The molecule has 0 aromatic heterocycles. The van der Waals surface area contributed by atoms with Gasteiger partial charge in [0.2, 0.25) is 0 Å². The van der Waals surface area contributed by atoms with Gasteiger partial charge in [-0.25, -0.2) is 0 Å². The largest absolute Gasteiger partial charge is 0.122 e. The van der Waals surface area contributed by atoms with Gasteiger partial charge in [0.15, 0.2) is 0 Å². The van der Waals surface area contributed by atoms with E-state index in [0.717, 1.165) is 0 Å². The average molecular weight is 103 g/mol. The van der Waals surface area contributed by atoms with E-state index in [2.05, 4.69) is 5.92 Å². The van der Waals surface area contributed by atoms with Gasteiger partial charge in [-0.3, -0.25) is 0 Å². The van der Waals surface area contributed by atoms with Crippen molar-refractivity contribution >= 4 is 11.6 Å². The van der Waals surface area contributed by atoms with E-state index in [1.54, 1.807) is 0 Å². The van der Waals surface area contributed by atoms with Gasteiger partial charge in [-0.15, -0.1) is 23.9 Å². The van der Waals surface area contributed by atoms with Crippen molar-refractivity contribution in [3.05, 3.63) is 0 Å². The monoisotopic (exact) mass is 102 g/mol. The molecule has 0 aliphatic heterocycles. The molecule has 1 unspecified atom stereocenters. The summed E-state index contributed by atoms with van der Waals surface area (Å²) < 4.78 is 0. The summed E-state index contributed by atoms with van der Waals surface area (Å²) in [6, 6.07) is 0. The molecule has 0 aliphatic carbocycles. The Balaban J connectivity index is 2.88. The Morgan fingerprint density at radius 3 is 2.50 bits per heavy atom. The molecule has 1 atom stereocenters.